The first-order valence-corrected chi connectivity index (χ1v) is 14.1. The van der Waals surface area contributed by atoms with Crippen LogP contribution in [0, 0.1) is 0 Å². The molecule has 4 aromatic rings. The van der Waals surface area contributed by atoms with Gasteiger partial charge in [-0.15, -0.1) is 0 Å². The number of amides is 1. The highest BCUT2D eigenvalue weighted by Gasteiger charge is 2.27. The summed E-state index contributed by atoms with van der Waals surface area (Å²) in [6.07, 6.45) is 0.160. The van der Waals surface area contributed by atoms with E-state index in [1.807, 2.05) is 78.9 Å². The van der Waals surface area contributed by atoms with E-state index in [0.29, 0.717) is 11.4 Å². The summed E-state index contributed by atoms with van der Waals surface area (Å²) in [6, 6.07) is 29.7. The van der Waals surface area contributed by atoms with Gasteiger partial charge in [0, 0.05) is 15.9 Å². The number of nitrogens with one attached hydrogen (secondary N) is 2. The summed E-state index contributed by atoms with van der Waals surface area (Å²) < 4.78 is 39.8. The third-order valence-electron chi connectivity index (χ3n) is 5.68. The first-order valence-electron chi connectivity index (χ1n) is 11.8. The van der Waals surface area contributed by atoms with Gasteiger partial charge in [-0.2, -0.15) is 4.72 Å². The van der Waals surface area contributed by atoms with Crippen molar-refractivity contribution in [3.63, 3.8) is 0 Å². The molecule has 196 valence electrons. The number of ether oxygens (including phenoxy) is 2. The molecule has 0 heterocycles. The van der Waals surface area contributed by atoms with Gasteiger partial charge < -0.3 is 14.8 Å². The molecule has 4 aromatic carbocycles. The molecule has 0 fully saturated rings. The molecule has 0 radical (unpaired) electrons. The minimum absolute atomic E-state index is 0.0407. The lowest BCUT2D eigenvalue weighted by atomic mass is 10.1. The average Bonchev–Trinajstić information content (AvgIpc) is 2.94. The highest BCUT2D eigenvalue weighted by molar-refractivity contribution is 7.99. The van der Waals surface area contributed by atoms with Gasteiger partial charge in [0.15, 0.2) is 11.5 Å². The first kappa shape index (κ1) is 27.3. The number of hydrogen-bond donors (Lipinski definition) is 2. The molecular formula is C29H28N2O5S2. The topological polar surface area (TPSA) is 93.7 Å². The average molecular weight is 549 g/mol. The van der Waals surface area contributed by atoms with E-state index in [-0.39, 0.29) is 17.1 Å². The van der Waals surface area contributed by atoms with Crippen molar-refractivity contribution in [2.24, 2.45) is 0 Å². The van der Waals surface area contributed by atoms with Gasteiger partial charge in [-0.05, 0) is 48.4 Å². The summed E-state index contributed by atoms with van der Waals surface area (Å²) in [4.78, 5) is 15.4. The van der Waals surface area contributed by atoms with E-state index < -0.39 is 22.0 Å². The molecule has 0 aliphatic carbocycles. The maximum Gasteiger partial charge on any atom is 0.242 e. The van der Waals surface area contributed by atoms with Gasteiger partial charge in [0.25, 0.3) is 0 Å². The van der Waals surface area contributed by atoms with E-state index in [1.54, 1.807) is 6.07 Å². The molecule has 0 saturated heterocycles. The van der Waals surface area contributed by atoms with Gasteiger partial charge in [0.1, 0.15) is 6.04 Å². The Morgan fingerprint density at radius 1 is 0.816 bits per heavy atom. The third kappa shape index (κ3) is 6.95. The van der Waals surface area contributed by atoms with Crippen LogP contribution in [-0.4, -0.2) is 34.6 Å². The van der Waals surface area contributed by atoms with Crippen molar-refractivity contribution < 1.29 is 22.7 Å². The Morgan fingerprint density at radius 3 is 2.13 bits per heavy atom. The first-order chi connectivity index (χ1) is 18.4. The Balaban J connectivity index is 1.61. The Morgan fingerprint density at radius 2 is 1.45 bits per heavy atom. The molecular weight excluding hydrogens is 520 g/mol. The van der Waals surface area contributed by atoms with Crippen molar-refractivity contribution in [2.75, 3.05) is 19.5 Å². The second kappa shape index (κ2) is 12.6. The molecule has 38 heavy (non-hydrogen) atoms. The van der Waals surface area contributed by atoms with Gasteiger partial charge in [-0.3, -0.25) is 4.79 Å². The van der Waals surface area contributed by atoms with Gasteiger partial charge >= 0.3 is 0 Å². The lowest BCUT2D eigenvalue weighted by Crippen LogP contribution is -2.45. The molecule has 4 rings (SSSR count). The van der Waals surface area contributed by atoms with Crippen LogP contribution in [0.15, 0.2) is 118 Å². The lowest BCUT2D eigenvalue weighted by Gasteiger charge is -2.20. The zero-order valence-electron chi connectivity index (χ0n) is 21.0. The molecule has 1 atom stereocenters. The summed E-state index contributed by atoms with van der Waals surface area (Å²) >= 11 is 1.51. The molecule has 9 heteroatoms. The normalized spacial score (nSPS) is 11.9. The van der Waals surface area contributed by atoms with E-state index in [4.69, 9.17) is 9.47 Å². The van der Waals surface area contributed by atoms with Gasteiger partial charge in [0.2, 0.25) is 15.9 Å². The zero-order valence-corrected chi connectivity index (χ0v) is 22.6. The molecule has 0 aromatic heterocycles. The Hall–Kier alpha value is -3.79. The number of rotatable bonds is 11. The van der Waals surface area contributed by atoms with Gasteiger partial charge in [-0.1, -0.05) is 72.4 Å². The Kier molecular flexibility index (Phi) is 9.06. The van der Waals surface area contributed by atoms with E-state index >= 15 is 0 Å². The predicted octanol–water partition coefficient (Wildman–Crippen LogP) is 5.38. The SMILES string of the molecule is COc1ccc(S(=O)(=O)NC(Cc2ccccc2)C(=O)Nc2ccccc2Sc2ccccc2)cc1OC. The minimum Gasteiger partial charge on any atom is -0.493 e. The van der Waals surface area contributed by atoms with Crippen LogP contribution in [0.3, 0.4) is 0 Å². The van der Waals surface area contributed by atoms with E-state index in [9.17, 15) is 13.2 Å². The predicted molar refractivity (Wildman–Crippen MR) is 149 cm³/mol. The number of methoxy groups -OCH3 is 2. The van der Waals surface area contributed by atoms with Crippen LogP contribution >= 0.6 is 11.8 Å². The Labute approximate surface area is 227 Å². The van der Waals surface area contributed by atoms with Crippen LogP contribution in [0.2, 0.25) is 0 Å². The summed E-state index contributed by atoms with van der Waals surface area (Å²) in [5.41, 5.74) is 1.41. The molecule has 1 amide bonds. The highest BCUT2D eigenvalue weighted by Crippen LogP contribution is 2.33. The van der Waals surface area contributed by atoms with Crippen molar-refractivity contribution in [3.05, 3.63) is 109 Å². The van der Waals surface area contributed by atoms with E-state index in [1.165, 1.54) is 44.2 Å². The van der Waals surface area contributed by atoms with Gasteiger partial charge in [0.05, 0.1) is 24.8 Å². The van der Waals surface area contributed by atoms with E-state index in [0.717, 1.165) is 15.4 Å². The maximum absolute atomic E-state index is 13.6. The molecule has 0 aliphatic heterocycles. The molecule has 0 spiro atoms. The maximum atomic E-state index is 13.6. The highest BCUT2D eigenvalue weighted by atomic mass is 32.2. The number of benzene rings is 4. The molecule has 0 saturated carbocycles. The lowest BCUT2D eigenvalue weighted by molar-refractivity contribution is -0.117. The van der Waals surface area contributed by atoms with Crippen molar-refractivity contribution in [1.82, 2.24) is 4.72 Å². The summed E-state index contributed by atoms with van der Waals surface area (Å²) in [5.74, 6) is 0.197. The zero-order chi connectivity index (χ0) is 27.0. The standard InChI is InChI=1S/C29H28N2O5S2/c1-35-26-18-17-23(20-27(26)36-2)38(33,34)31-25(19-21-11-5-3-6-12-21)29(32)30-24-15-9-10-16-28(24)37-22-13-7-4-8-14-22/h3-18,20,25,31H,19H2,1-2H3,(H,30,32). The third-order valence-corrected chi connectivity index (χ3v) is 8.23. The van der Waals surface area contributed by atoms with Crippen LogP contribution < -0.4 is 19.5 Å². The second-order valence-corrected chi connectivity index (χ2v) is 11.1. The smallest absolute Gasteiger partial charge is 0.242 e. The monoisotopic (exact) mass is 548 g/mol. The van der Waals surface area contributed by atoms with Gasteiger partial charge in [-0.25, -0.2) is 8.42 Å². The van der Waals surface area contributed by atoms with Crippen molar-refractivity contribution in [3.8, 4) is 11.5 Å². The van der Waals surface area contributed by atoms with Crippen LogP contribution in [0.4, 0.5) is 5.69 Å². The van der Waals surface area contributed by atoms with Crippen LogP contribution in [0.1, 0.15) is 5.56 Å². The van der Waals surface area contributed by atoms with E-state index in [2.05, 4.69) is 10.0 Å². The van der Waals surface area contributed by atoms with Crippen LogP contribution in [0.5, 0.6) is 11.5 Å². The molecule has 0 bridgehead atoms. The Bertz CT molecular complexity index is 1480. The minimum atomic E-state index is -4.08. The number of carbonyl (C=O) groups excluding carboxylic acids is 1. The van der Waals surface area contributed by atoms with Crippen molar-refractivity contribution in [1.29, 1.82) is 0 Å². The number of hydrogen-bond acceptors (Lipinski definition) is 6. The molecule has 2 N–H and O–H groups in total. The quantitative estimate of drug-likeness (QED) is 0.261. The van der Waals surface area contributed by atoms with Crippen LogP contribution in [0.25, 0.3) is 0 Å². The second-order valence-electron chi connectivity index (χ2n) is 8.28. The van der Waals surface area contributed by atoms with Crippen molar-refractivity contribution in [2.45, 2.75) is 27.1 Å². The molecule has 1 unspecified atom stereocenters. The van der Waals surface area contributed by atoms with Crippen LogP contribution in [-0.2, 0) is 21.2 Å². The number of anilines is 1. The number of carbonyl (C=O) groups is 1. The molecule has 7 nitrogen and oxygen atoms in total. The molecule has 0 aliphatic rings. The fourth-order valence-electron chi connectivity index (χ4n) is 3.77. The summed E-state index contributed by atoms with van der Waals surface area (Å²) in [7, 11) is -1.19. The fraction of sp³-hybridized carbons (Fsp3) is 0.138. The summed E-state index contributed by atoms with van der Waals surface area (Å²) in [6.45, 7) is 0. The van der Waals surface area contributed by atoms with Crippen molar-refractivity contribution >= 4 is 33.4 Å². The number of para-hydroxylation sites is 1. The number of sulfonamides is 1. The fourth-order valence-corrected chi connectivity index (χ4v) is 5.90. The summed E-state index contributed by atoms with van der Waals surface area (Å²) in [5, 5.41) is 2.93. The largest absolute Gasteiger partial charge is 0.493 e.